The van der Waals surface area contributed by atoms with Crippen LogP contribution in [0.4, 0.5) is 5.88 Å². The molecule has 5 nitrogen and oxygen atoms in total. The van der Waals surface area contributed by atoms with E-state index in [1.807, 2.05) is 12.1 Å². The predicted molar refractivity (Wildman–Crippen MR) is 192 cm³/mol. The minimum atomic E-state index is 0.0842. The lowest BCUT2D eigenvalue weighted by atomic mass is 9.94. The van der Waals surface area contributed by atoms with E-state index in [0.29, 0.717) is 17.5 Å². The van der Waals surface area contributed by atoms with E-state index in [2.05, 4.69) is 139 Å². The van der Waals surface area contributed by atoms with Crippen molar-refractivity contribution in [1.29, 1.82) is 0 Å². The number of hydrogen-bond acceptors (Lipinski definition) is 5. The van der Waals surface area contributed by atoms with Gasteiger partial charge in [-0.05, 0) is 62.2 Å². The van der Waals surface area contributed by atoms with Crippen molar-refractivity contribution in [2.24, 2.45) is 0 Å². The van der Waals surface area contributed by atoms with Crippen LogP contribution in [-0.2, 0) is 0 Å². The molecule has 3 heterocycles. The SMILES string of the molecule is C1=CC2=Cc3c(oc4cccc(-c5nc(-c6ccc7ccccc7c6)nc(-c6cc7ccccc7c7ccccc67)n5)c34)NC2C=C1. The van der Waals surface area contributed by atoms with Crippen molar-refractivity contribution in [3.8, 4) is 34.2 Å². The van der Waals surface area contributed by atoms with Gasteiger partial charge in [-0.3, -0.25) is 0 Å². The summed E-state index contributed by atoms with van der Waals surface area (Å²) in [6.07, 6.45) is 10.6. The molecule has 0 saturated carbocycles. The van der Waals surface area contributed by atoms with E-state index in [0.717, 1.165) is 55.3 Å². The maximum absolute atomic E-state index is 6.40. The molecule has 0 spiro atoms. The monoisotopic (exact) mass is 602 g/mol. The predicted octanol–water partition coefficient (Wildman–Crippen LogP) is 10.4. The van der Waals surface area contributed by atoms with E-state index in [-0.39, 0.29) is 6.04 Å². The summed E-state index contributed by atoms with van der Waals surface area (Å²) < 4.78 is 6.40. The number of nitrogens with zero attached hydrogens (tertiary/aromatic N) is 3. The molecule has 8 aromatic rings. The first kappa shape index (κ1) is 25.9. The molecule has 220 valence electrons. The first-order chi connectivity index (χ1) is 23.3. The van der Waals surface area contributed by atoms with Gasteiger partial charge in [-0.2, -0.15) is 0 Å². The molecule has 2 aromatic heterocycles. The summed E-state index contributed by atoms with van der Waals surface area (Å²) >= 11 is 0. The van der Waals surface area contributed by atoms with Crippen LogP contribution in [0.3, 0.4) is 0 Å². The van der Waals surface area contributed by atoms with Crippen LogP contribution >= 0.6 is 0 Å². The van der Waals surface area contributed by atoms with Crippen molar-refractivity contribution < 1.29 is 4.42 Å². The van der Waals surface area contributed by atoms with E-state index < -0.39 is 0 Å². The van der Waals surface area contributed by atoms with Crippen LogP contribution in [0.1, 0.15) is 5.56 Å². The van der Waals surface area contributed by atoms with Crippen LogP contribution in [0.15, 0.2) is 150 Å². The second-order valence-electron chi connectivity index (χ2n) is 12.1. The molecule has 6 aromatic carbocycles. The molecule has 10 rings (SSSR count). The number of rotatable bonds is 3. The standard InChI is InChI=1S/C42H26N4O/c1-2-11-26-22-29(21-20-25(26)10-1)39-44-40(33-17-9-19-37-38(33)35-24-28-13-4-8-18-36(28)43-42(35)47-37)46-41(45-39)34-23-27-12-3-5-14-30(27)31-15-6-7-16-32(31)34/h1-24,36,43H. The minimum Gasteiger partial charge on any atom is -0.440 e. The van der Waals surface area contributed by atoms with E-state index >= 15 is 0 Å². The smallest absolute Gasteiger partial charge is 0.202 e. The topological polar surface area (TPSA) is 63.8 Å². The number of benzene rings is 6. The Balaban J connectivity index is 1.26. The van der Waals surface area contributed by atoms with Gasteiger partial charge in [-0.1, -0.05) is 121 Å². The quantitative estimate of drug-likeness (QED) is 0.204. The highest BCUT2D eigenvalue weighted by Gasteiger charge is 2.26. The van der Waals surface area contributed by atoms with Crippen molar-refractivity contribution in [1.82, 2.24) is 15.0 Å². The summed E-state index contributed by atoms with van der Waals surface area (Å²) in [6, 6.07) is 40.1. The fourth-order valence-corrected chi connectivity index (χ4v) is 7.05. The lowest BCUT2D eigenvalue weighted by Gasteiger charge is -2.22. The summed E-state index contributed by atoms with van der Waals surface area (Å²) in [5.41, 5.74) is 5.79. The first-order valence-electron chi connectivity index (χ1n) is 15.8. The number of fused-ring (bicyclic) bond motifs is 8. The molecule has 1 N–H and O–H groups in total. The Bertz CT molecular complexity index is 2680. The Hall–Kier alpha value is -6.33. The number of allylic oxidation sites excluding steroid dienone is 2. The van der Waals surface area contributed by atoms with Gasteiger partial charge in [0.05, 0.1) is 6.04 Å². The molecule has 1 atom stereocenters. The zero-order chi connectivity index (χ0) is 30.9. The lowest BCUT2D eigenvalue weighted by molar-refractivity contribution is 0.622. The third-order valence-corrected chi connectivity index (χ3v) is 9.31. The van der Waals surface area contributed by atoms with E-state index in [4.69, 9.17) is 19.4 Å². The zero-order valence-electron chi connectivity index (χ0n) is 25.2. The molecule has 5 heteroatoms. The molecule has 2 aliphatic rings. The van der Waals surface area contributed by atoms with Gasteiger partial charge in [0.15, 0.2) is 17.5 Å². The molecule has 1 aliphatic heterocycles. The van der Waals surface area contributed by atoms with Gasteiger partial charge in [0.25, 0.3) is 0 Å². The highest BCUT2D eigenvalue weighted by Crippen LogP contribution is 2.42. The third-order valence-electron chi connectivity index (χ3n) is 9.31. The van der Waals surface area contributed by atoms with Crippen LogP contribution < -0.4 is 5.32 Å². The number of aromatic nitrogens is 3. The van der Waals surface area contributed by atoms with Gasteiger partial charge in [0, 0.05) is 27.6 Å². The maximum Gasteiger partial charge on any atom is 0.202 e. The molecule has 1 unspecified atom stereocenters. The Labute approximate surface area is 270 Å². The van der Waals surface area contributed by atoms with Crippen molar-refractivity contribution in [2.45, 2.75) is 6.04 Å². The van der Waals surface area contributed by atoms with Crippen LogP contribution in [0.5, 0.6) is 0 Å². The summed E-state index contributed by atoms with van der Waals surface area (Å²) in [4.78, 5) is 15.6. The van der Waals surface area contributed by atoms with Crippen LogP contribution in [-0.4, -0.2) is 21.0 Å². The average molecular weight is 603 g/mol. The minimum absolute atomic E-state index is 0.0842. The van der Waals surface area contributed by atoms with Gasteiger partial charge in [-0.25, -0.2) is 15.0 Å². The zero-order valence-corrected chi connectivity index (χ0v) is 25.2. The van der Waals surface area contributed by atoms with E-state index in [9.17, 15) is 0 Å². The lowest BCUT2D eigenvalue weighted by Crippen LogP contribution is -2.22. The third kappa shape index (κ3) is 4.14. The molecule has 1 aliphatic carbocycles. The fraction of sp³-hybridized carbons (Fsp3) is 0.0238. The van der Waals surface area contributed by atoms with Crippen LogP contribution in [0.25, 0.3) is 83.5 Å². The Morgan fingerprint density at radius 1 is 0.574 bits per heavy atom. The largest absolute Gasteiger partial charge is 0.440 e. The highest BCUT2D eigenvalue weighted by molar-refractivity contribution is 6.13. The van der Waals surface area contributed by atoms with Gasteiger partial charge in [-0.15, -0.1) is 0 Å². The highest BCUT2D eigenvalue weighted by atomic mass is 16.4. The molecular weight excluding hydrogens is 576 g/mol. The molecule has 0 radical (unpaired) electrons. The van der Waals surface area contributed by atoms with Crippen LogP contribution in [0.2, 0.25) is 0 Å². The molecule has 0 fully saturated rings. The van der Waals surface area contributed by atoms with Crippen molar-refractivity contribution in [2.75, 3.05) is 5.32 Å². The maximum atomic E-state index is 6.40. The fourth-order valence-electron chi connectivity index (χ4n) is 7.05. The first-order valence-corrected chi connectivity index (χ1v) is 15.8. The van der Waals surface area contributed by atoms with Crippen LogP contribution in [0, 0.1) is 0 Å². The normalized spacial score (nSPS) is 15.1. The van der Waals surface area contributed by atoms with Gasteiger partial charge in [0.1, 0.15) is 5.58 Å². The summed E-state index contributed by atoms with van der Waals surface area (Å²) in [5, 5.41) is 11.5. The Kier molecular flexibility index (Phi) is 5.57. The summed E-state index contributed by atoms with van der Waals surface area (Å²) in [6.45, 7) is 0. The molecule has 0 saturated heterocycles. The molecule has 0 amide bonds. The van der Waals surface area contributed by atoms with Crippen molar-refractivity contribution in [3.63, 3.8) is 0 Å². The molecule has 0 bridgehead atoms. The van der Waals surface area contributed by atoms with E-state index in [1.165, 1.54) is 21.7 Å². The van der Waals surface area contributed by atoms with Crippen molar-refractivity contribution in [3.05, 3.63) is 151 Å². The number of hydrogen-bond donors (Lipinski definition) is 1. The summed E-state index contributed by atoms with van der Waals surface area (Å²) in [7, 11) is 0. The van der Waals surface area contributed by atoms with Crippen molar-refractivity contribution >= 4 is 55.2 Å². The molecule has 47 heavy (non-hydrogen) atoms. The second kappa shape index (κ2) is 10.1. The van der Waals surface area contributed by atoms with Gasteiger partial charge < -0.3 is 9.73 Å². The average Bonchev–Trinajstić information content (AvgIpc) is 3.50. The number of nitrogens with one attached hydrogen (secondary N) is 1. The van der Waals surface area contributed by atoms with E-state index in [1.54, 1.807) is 0 Å². The Morgan fingerprint density at radius 2 is 1.32 bits per heavy atom. The van der Waals surface area contributed by atoms with Gasteiger partial charge in [0.2, 0.25) is 5.88 Å². The Morgan fingerprint density at radius 3 is 2.21 bits per heavy atom. The van der Waals surface area contributed by atoms with Gasteiger partial charge >= 0.3 is 0 Å². The number of furan rings is 1. The molecular formula is C42H26N4O. The number of anilines is 1. The second-order valence-corrected chi connectivity index (χ2v) is 12.1. The summed E-state index contributed by atoms with van der Waals surface area (Å²) in [5.74, 6) is 2.61.